The van der Waals surface area contributed by atoms with Gasteiger partial charge in [-0.05, 0) is 0 Å². The molecule has 2 rings (SSSR count). The van der Waals surface area contributed by atoms with Gasteiger partial charge in [-0.2, -0.15) is 0 Å². The van der Waals surface area contributed by atoms with Crippen LogP contribution in [-0.2, 0) is 19.8 Å². The van der Waals surface area contributed by atoms with Crippen LogP contribution in [0.2, 0.25) is 39.3 Å². The molecular formula is C16H26NbSi2. The van der Waals surface area contributed by atoms with Crippen molar-refractivity contribution in [2.24, 2.45) is 0 Å². The zero-order chi connectivity index (χ0) is 14.3. The van der Waals surface area contributed by atoms with Crippen LogP contribution in [-0.4, -0.2) is 16.1 Å². The van der Waals surface area contributed by atoms with E-state index in [0.29, 0.717) is 0 Å². The Labute approximate surface area is 130 Å². The molecule has 0 atom stereocenters. The molecule has 2 aliphatic carbocycles. The van der Waals surface area contributed by atoms with Crippen molar-refractivity contribution in [3.63, 3.8) is 0 Å². The molecule has 0 saturated carbocycles. The third kappa shape index (κ3) is 3.62. The van der Waals surface area contributed by atoms with Gasteiger partial charge in [-0.25, -0.2) is 0 Å². The van der Waals surface area contributed by atoms with Gasteiger partial charge in [-0.15, -0.1) is 0 Å². The van der Waals surface area contributed by atoms with E-state index in [2.05, 4.69) is 63.6 Å². The average Bonchev–Trinajstić information content (AvgIpc) is 2.83. The van der Waals surface area contributed by atoms with E-state index in [-0.39, 0.29) is 19.8 Å². The molecular weight excluding hydrogens is 341 g/mol. The number of rotatable bonds is 4. The molecule has 0 aromatic heterocycles. The van der Waals surface area contributed by atoms with Crippen molar-refractivity contribution >= 4 is 16.1 Å². The summed E-state index contributed by atoms with van der Waals surface area (Å²) in [6.07, 6.45) is 12.3. The summed E-state index contributed by atoms with van der Waals surface area (Å²) >= 11 is -0.300. The molecule has 0 aliphatic heterocycles. The van der Waals surface area contributed by atoms with Gasteiger partial charge in [-0.3, -0.25) is 0 Å². The molecule has 0 N–H and O–H groups in total. The molecule has 0 bridgehead atoms. The SMILES string of the molecule is C[Si](C)(C)C1=[C]([Nb][C]2=C([Si](C)(C)C)C=CC2)CC=C1. The van der Waals surface area contributed by atoms with Crippen molar-refractivity contribution in [2.75, 3.05) is 0 Å². The normalized spacial score (nSPS) is 19.9. The van der Waals surface area contributed by atoms with Gasteiger partial charge in [0.1, 0.15) is 0 Å². The first-order valence-electron chi connectivity index (χ1n) is 7.21. The van der Waals surface area contributed by atoms with E-state index < -0.39 is 16.1 Å². The second-order valence-corrected chi connectivity index (χ2v) is 20.8. The summed E-state index contributed by atoms with van der Waals surface area (Å²) in [6, 6.07) is 0. The zero-order valence-corrected chi connectivity index (χ0v) is 17.4. The van der Waals surface area contributed by atoms with E-state index in [1.165, 1.54) is 12.8 Å². The summed E-state index contributed by atoms with van der Waals surface area (Å²) in [7, 11) is -2.26. The third-order valence-electron chi connectivity index (χ3n) is 3.70. The predicted octanol–water partition coefficient (Wildman–Crippen LogP) is 5.25. The van der Waals surface area contributed by atoms with E-state index >= 15 is 0 Å². The van der Waals surface area contributed by atoms with Gasteiger partial charge in [0.05, 0.1) is 0 Å². The van der Waals surface area contributed by atoms with Crippen LogP contribution < -0.4 is 0 Å². The summed E-state index contributed by atoms with van der Waals surface area (Å²) in [4.78, 5) is 0. The predicted molar refractivity (Wildman–Crippen MR) is 88.3 cm³/mol. The van der Waals surface area contributed by atoms with Crippen LogP contribution in [0.5, 0.6) is 0 Å². The molecule has 0 saturated heterocycles. The molecule has 0 nitrogen and oxygen atoms in total. The van der Waals surface area contributed by atoms with Crippen LogP contribution in [0.15, 0.2) is 42.3 Å². The van der Waals surface area contributed by atoms with Gasteiger partial charge in [-0.1, -0.05) is 0 Å². The average molecular weight is 367 g/mol. The van der Waals surface area contributed by atoms with Crippen LogP contribution in [0.1, 0.15) is 12.8 Å². The molecule has 0 unspecified atom stereocenters. The molecule has 0 radical (unpaired) electrons. The van der Waals surface area contributed by atoms with Crippen LogP contribution in [0.25, 0.3) is 0 Å². The Morgan fingerprint density at radius 3 is 1.42 bits per heavy atom. The monoisotopic (exact) mass is 367 g/mol. The van der Waals surface area contributed by atoms with E-state index in [1.54, 1.807) is 10.4 Å². The minimum atomic E-state index is -1.13. The van der Waals surface area contributed by atoms with Gasteiger partial charge in [0.15, 0.2) is 0 Å². The summed E-state index contributed by atoms with van der Waals surface area (Å²) < 4.78 is 3.73. The second-order valence-electron chi connectivity index (χ2n) is 7.55. The Bertz CT molecular complexity index is 448. The van der Waals surface area contributed by atoms with E-state index in [1.807, 2.05) is 7.58 Å². The maximum absolute atomic E-state index is 2.49. The van der Waals surface area contributed by atoms with Gasteiger partial charge >= 0.3 is 130 Å². The summed E-state index contributed by atoms with van der Waals surface area (Å²) in [5.74, 6) is 0. The summed E-state index contributed by atoms with van der Waals surface area (Å²) in [6.45, 7) is 15.0. The molecule has 19 heavy (non-hydrogen) atoms. The molecule has 2 aliphatic rings. The van der Waals surface area contributed by atoms with Gasteiger partial charge in [0.2, 0.25) is 0 Å². The molecule has 0 fully saturated rings. The third-order valence-corrected chi connectivity index (χ3v) is 12.3. The molecule has 0 aromatic rings. The Hall–Kier alpha value is 0.134. The minimum absolute atomic E-state index is 0.300. The number of hydrogen-bond acceptors (Lipinski definition) is 0. The van der Waals surface area contributed by atoms with Crippen LogP contribution in [0, 0.1) is 0 Å². The van der Waals surface area contributed by atoms with Crippen LogP contribution >= 0.6 is 0 Å². The Morgan fingerprint density at radius 1 is 0.737 bits per heavy atom. The van der Waals surface area contributed by atoms with Crippen LogP contribution in [0.3, 0.4) is 0 Å². The fourth-order valence-electron chi connectivity index (χ4n) is 2.73. The fraction of sp³-hybridized carbons (Fsp3) is 0.500. The maximum atomic E-state index is 2.49. The first-order chi connectivity index (χ1) is 8.69. The molecule has 3 heteroatoms. The second kappa shape index (κ2) is 5.49. The van der Waals surface area contributed by atoms with Crippen molar-refractivity contribution in [2.45, 2.75) is 52.1 Å². The number of hydrogen-bond donors (Lipinski definition) is 0. The van der Waals surface area contributed by atoms with E-state index in [4.69, 9.17) is 0 Å². The quantitative estimate of drug-likeness (QED) is 0.595. The summed E-state index contributed by atoms with van der Waals surface area (Å²) in [5, 5.41) is 3.55. The topological polar surface area (TPSA) is 0 Å². The molecule has 0 amide bonds. The van der Waals surface area contributed by atoms with Crippen molar-refractivity contribution < 1.29 is 19.8 Å². The molecule has 0 spiro atoms. The Balaban J connectivity index is 2.28. The fourth-order valence-corrected chi connectivity index (χ4v) is 14.2. The Morgan fingerprint density at radius 2 is 1.11 bits per heavy atom. The Kier molecular flexibility index (Phi) is 4.49. The molecule has 103 valence electrons. The van der Waals surface area contributed by atoms with Crippen molar-refractivity contribution in [1.29, 1.82) is 0 Å². The zero-order valence-electron chi connectivity index (χ0n) is 13.2. The van der Waals surface area contributed by atoms with Crippen LogP contribution in [0.4, 0.5) is 0 Å². The van der Waals surface area contributed by atoms with Gasteiger partial charge in [0, 0.05) is 0 Å². The first-order valence-corrected chi connectivity index (χ1v) is 16.4. The standard InChI is InChI=1S/2C8H13Si.Nb/c2*1-9(2,3)8-6-4-5-7-8;/h2*4,6H,5H2,1-3H3;. The van der Waals surface area contributed by atoms with E-state index in [9.17, 15) is 0 Å². The van der Waals surface area contributed by atoms with Gasteiger partial charge in [0.25, 0.3) is 0 Å². The van der Waals surface area contributed by atoms with Gasteiger partial charge < -0.3 is 0 Å². The number of allylic oxidation sites excluding steroid dienone is 8. The van der Waals surface area contributed by atoms with Crippen molar-refractivity contribution in [3.05, 3.63) is 42.3 Å². The molecule has 0 aromatic carbocycles. The first kappa shape index (κ1) is 15.5. The van der Waals surface area contributed by atoms with Crippen molar-refractivity contribution in [3.8, 4) is 0 Å². The van der Waals surface area contributed by atoms with Crippen molar-refractivity contribution in [1.82, 2.24) is 0 Å². The molecule has 0 heterocycles. The summed E-state index contributed by atoms with van der Waals surface area (Å²) in [5.41, 5.74) is 0. The van der Waals surface area contributed by atoms with E-state index in [0.717, 1.165) is 0 Å².